The monoisotopic (exact) mass is 1530 g/mol. The number of fused-ring (bicyclic) bond motifs is 3. The third-order valence-electron chi connectivity index (χ3n) is 18.2. The van der Waals surface area contributed by atoms with Crippen molar-refractivity contribution in [1.82, 2.24) is 15.0 Å². The van der Waals surface area contributed by atoms with Crippen LogP contribution in [0.15, 0.2) is 97.4 Å². The van der Waals surface area contributed by atoms with Gasteiger partial charge >= 0.3 is 37.1 Å². The third kappa shape index (κ3) is 16.4. The summed E-state index contributed by atoms with van der Waals surface area (Å²) < 4.78 is 266. The van der Waals surface area contributed by atoms with Crippen LogP contribution in [0.4, 0.5) is 96.1 Å². The van der Waals surface area contributed by atoms with E-state index in [0.29, 0.717) is 117 Å². The minimum Gasteiger partial charge on any atom is -0.495 e. The van der Waals surface area contributed by atoms with Gasteiger partial charge in [0.2, 0.25) is 0 Å². The third-order valence-corrected chi connectivity index (χ3v) is 18.2. The highest BCUT2D eigenvalue weighted by Crippen LogP contribution is 2.53. The van der Waals surface area contributed by atoms with Gasteiger partial charge < -0.3 is 58.4 Å². The van der Waals surface area contributed by atoms with Crippen LogP contribution in [0.2, 0.25) is 0 Å². The molecule has 19 nitrogen and oxygen atoms in total. The number of aryl methyl sites for hydroxylation is 1. The lowest BCUT2D eigenvalue weighted by atomic mass is 9.90. The quantitative estimate of drug-likeness (QED) is 0.0554. The van der Waals surface area contributed by atoms with Crippen LogP contribution in [0.1, 0.15) is 92.4 Å². The normalized spacial score (nSPS) is 17.8. The maximum Gasteiger partial charge on any atom is 0.430 e. The highest BCUT2D eigenvalue weighted by Gasteiger charge is 2.74. The zero-order valence-electron chi connectivity index (χ0n) is 55.8. The van der Waals surface area contributed by atoms with Crippen LogP contribution in [-0.2, 0) is 56.7 Å². The zero-order chi connectivity index (χ0) is 77.9. The maximum absolute atomic E-state index is 13.3. The summed E-state index contributed by atoms with van der Waals surface area (Å²) in [6.45, 7) is 7.87. The number of rotatable bonds is 13. The lowest BCUT2D eigenvalue weighted by Crippen LogP contribution is -2.54. The van der Waals surface area contributed by atoms with Crippen LogP contribution >= 0.6 is 0 Å². The Kier molecular flexibility index (Phi) is 23.9. The molecule has 3 aliphatic heterocycles. The molecule has 3 aromatic heterocycles. The van der Waals surface area contributed by atoms with Crippen LogP contribution in [0.3, 0.4) is 0 Å². The Morgan fingerprint density at radius 3 is 1.24 bits per heavy atom. The molecule has 0 bridgehead atoms. The van der Waals surface area contributed by atoms with Gasteiger partial charge in [-0.25, -0.2) is 0 Å². The van der Waals surface area contributed by atoms with E-state index in [4.69, 9.17) is 33.5 Å². The molecule has 37 heteroatoms. The summed E-state index contributed by atoms with van der Waals surface area (Å²) in [7, 11) is 4.59. The van der Waals surface area contributed by atoms with Gasteiger partial charge in [-0.05, 0) is 108 Å². The topological polar surface area (TPSA) is 233 Å². The van der Waals surface area contributed by atoms with E-state index in [-0.39, 0.29) is 66.1 Å². The van der Waals surface area contributed by atoms with Crippen LogP contribution in [0, 0.1) is 5.92 Å². The van der Waals surface area contributed by atoms with E-state index < -0.39 is 87.8 Å². The van der Waals surface area contributed by atoms with E-state index in [2.05, 4.69) is 30.8 Å². The molecule has 1 unspecified atom stereocenters. The number of carbonyl (C=O) groups excluding carboxylic acids is 4. The number of anilines is 3. The summed E-state index contributed by atoms with van der Waals surface area (Å²) in [4.78, 5) is 64.4. The van der Waals surface area contributed by atoms with Gasteiger partial charge in [-0.15, -0.1) is 0 Å². The van der Waals surface area contributed by atoms with Gasteiger partial charge in [0.15, 0.2) is 23.6 Å². The van der Waals surface area contributed by atoms with E-state index in [1.807, 2.05) is 17.0 Å². The molecule has 12 rings (SSSR count). The molecular formula is C69H64F18N6O13. The summed E-state index contributed by atoms with van der Waals surface area (Å²) in [5.74, 6) is 0.547. The van der Waals surface area contributed by atoms with Crippen molar-refractivity contribution in [2.24, 2.45) is 5.92 Å². The molecule has 6 heterocycles. The number of aromatic nitrogens is 3. The highest BCUT2D eigenvalue weighted by molar-refractivity contribution is 6.16. The van der Waals surface area contributed by atoms with Crippen LogP contribution in [-0.4, -0.2) is 191 Å². The number of nitrogens with zero attached hydrogens (tertiary/aromatic N) is 6. The molecule has 1 atom stereocenters. The van der Waals surface area contributed by atoms with Crippen molar-refractivity contribution in [1.29, 1.82) is 0 Å². The molecule has 0 saturated carbocycles. The molecule has 3 N–H and O–H groups in total. The summed E-state index contributed by atoms with van der Waals surface area (Å²) in [5, 5.41) is 28.3. The second-order valence-electron chi connectivity index (χ2n) is 24.7. The number of carbonyl (C=O) groups is 4. The number of allylic oxidation sites excluding steroid dienone is 1. The number of aldehydes is 1. The molecule has 3 aromatic carbocycles. The van der Waals surface area contributed by atoms with Crippen LogP contribution in [0.5, 0.6) is 17.2 Å². The molecule has 6 aliphatic rings. The van der Waals surface area contributed by atoms with Crippen molar-refractivity contribution in [3.63, 3.8) is 0 Å². The Morgan fingerprint density at radius 1 is 0.453 bits per heavy atom. The van der Waals surface area contributed by atoms with Crippen molar-refractivity contribution in [2.75, 3.05) is 115 Å². The molecule has 574 valence electrons. The maximum atomic E-state index is 13.3. The number of hydrogen-bond donors (Lipinski definition) is 3. The van der Waals surface area contributed by atoms with Gasteiger partial charge in [-0.3, -0.25) is 34.1 Å². The molecule has 3 fully saturated rings. The average Bonchev–Trinajstić information content (AvgIpc) is 1.15. The van der Waals surface area contributed by atoms with Crippen LogP contribution < -0.4 is 28.9 Å². The van der Waals surface area contributed by atoms with Gasteiger partial charge in [0.1, 0.15) is 17.2 Å². The number of hydrogen-bond acceptors (Lipinski definition) is 19. The number of alkyl halides is 18. The van der Waals surface area contributed by atoms with Crippen molar-refractivity contribution in [2.45, 2.75) is 86.0 Å². The number of ketones is 3. The number of benzene rings is 3. The predicted octanol–water partition coefficient (Wildman–Crippen LogP) is 11.8. The molecule has 0 amide bonds. The lowest BCUT2D eigenvalue weighted by molar-refractivity contribution is -0.376. The first-order valence-electron chi connectivity index (χ1n) is 31.9. The number of aliphatic hydroxyl groups is 3. The smallest absolute Gasteiger partial charge is 0.430 e. The number of pyridine rings is 3. The molecule has 3 aliphatic carbocycles. The Morgan fingerprint density at radius 2 is 0.821 bits per heavy atom. The fraction of sp³-hybridized carbons (Fsp3) is 0.435. The Balaban J connectivity index is 0.000000171. The summed E-state index contributed by atoms with van der Waals surface area (Å²) in [6.07, 6.45) is -29.5. The van der Waals surface area contributed by atoms with E-state index in [0.717, 1.165) is 85.3 Å². The Hall–Kier alpha value is -9.17. The molecule has 106 heavy (non-hydrogen) atoms. The minimum atomic E-state index is -6.04. The first-order chi connectivity index (χ1) is 49.6. The van der Waals surface area contributed by atoms with Crippen molar-refractivity contribution in [3.05, 3.63) is 164 Å². The zero-order valence-corrected chi connectivity index (χ0v) is 55.8. The lowest BCUT2D eigenvalue weighted by Gasteiger charge is -2.32. The van der Waals surface area contributed by atoms with Crippen molar-refractivity contribution in [3.8, 4) is 17.2 Å². The molecule has 6 aromatic rings. The molecular weight excluding hydrogens is 1460 g/mol. The average molecular weight is 1530 g/mol. The summed E-state index contributed by atoms with van der Waals surface area (Å²) >= 11 is 0. The molecule has 0 spiro atoms. The second kappa shape index (κ2) is 31.3. The highest BCUT2D eigenvalue weighted by atomic mass is 19.4. The van der Waals surface area contributed by atoms with Gasteiger partial charge in [0.05, 0.1) is 78.0 Å². The van der Waals surface area contributed by atoms with Gasteiger partial charge in [-0.1, -0.05) is 0 Å². The molecule has 3 saturated heterocycles. The molecule has 0 radical (unpaired) electrons. The second-order valence-corrected chi connectivity index (χ2v) is 24.7. The van der Waals surface area contributed by atoms with Gasteiger partial charge in [-0.2, -0.15) is 79.0 Å². The van der Waals surface area contributed by atoms with Crippen molar-refractivity contribution < 1.29 is 142 Å². The fourth-order valence-corrected chi connectivity index (χ4v) is 12.6. The predicted molar refractivity (Wildman–Crippen MR) is 338 cm³/mol. The Bertz CT molecular complexity index is 4200. The van der Waals surface area contributed by atoms with Crippen molar-refractivity contribution >= 4 is 46.8 Å². The summed E-state index contributed by atoms with van der Waals surface area (Å²) in [5.41, 5.74) is -13.6. The van der Waals surface area contributed by atoms with E-state index in [1.165, 1.54) is 20.3 Å². The first kappa shape index (κ1) is 80.9. The number of Topliss-reactive ketones (excluding diaryl/α,β-unsaturated/α-hetero) is 3. The van der Waals surface area contributed by atoms with E-state index in [1.54, 1.807) is 25.3 Å². The first-order valence-corrected chi connectivity index (χ1v) is 31.9. The van der Waals surface area contributed by atoms with Crippen LogP contribution in [0.25, 0.3) is 6.08 Å². The van der Waals surface area contributed by atoms with E-state index >= 15 is 0 Å². The largest absolute Gasteiger partial charge is 0.495 e. The standard InChI is InChI=1S/C23H22F6N2O4.C23H20F6N2O4.C14H17NO3.C9H5F6NO2/c2*1-34-19-10-17-14(9-18(19)31-2-4-35-5-3-31)8-15(20(17)32)6-13-7-16(12-30-11-13)21(33,22(24,25)26)23(27,28)29;1-17-14-9-11-10(2-3-13(11)16)8-12(14)15-4-6-18-7-5-15;10-8(11,12)7(18,9(13,14)15)6-1-5(4-17)2-16-3-6/h7,9-12,15,33H,2-6,8H2,1H3;6-7,9-12,33H,2-5,8H2,1H3;8-9H,2-7H2,1H3;1-4,18H/b;15-6+;;. The van der Waals surface area contributed by atoms with E-state index in [9.17, 15) is 108 Å². The number of morpholine rings is 3. The SMILES string of the molecule is COc1cc2c(cc1N1CCOCC1)C/C(=C\c1cncc(C(O)(C(F)(F)F)C(F)(F)F)c1)C2=O.COc1cc2c(cc1N1CCOCC1)CC(Cc1cncc(C(O)(C(F)(F)F)C(F)(F)F)c1)C2=O.COc1cc2c(cc1N1CCOCC1)CCC2=O.O=Cc1cncc(C(O)(C(F)(F)F)C(F)(F)F)c1. The number of halogens is 18. The number of ether oxygens (including phenoxy) is 6. The fourth-order valence-electron chi connectivity index (χ4n) is 12.6. The minimum absolute atomic E-state index is 0.0175. The number of methoxy groups -OCH3 is 3. The summed E-state index contributed by atoms with van der Waals surface area (Å²) in [6, 6.07) is 12.2. The van der Waals surface area contributed by atoms with Gasteiger partial charge in [0, 0.05) is 140 Å². The van der Waals surface area contributed by atoms with Gasteiger partial charge in [0.25, 0.3) is 16.8 Å². The Labute approximate surface area is 590 Å².